The van der Waals surface area contributed by atoms with E-state index in [9.17, 15) is 0 Å². The summed E-state index contributed by atoms with van der Waals surface area (Å²) in [5.74, 6) is 0.909. The van der Waals surface area contributed by atoms with Gasteiger partial charge in [-0.3, -0.25) is 0 Å². The summed E-state index contributed by atoms with van der Waals surface area (Å²) < 4.78 is 15.7. The summed E-state index contributed by atoms with van der Waals surface area (Å²) in [5.41, 5.74) is 1.14. The van der Waals surface area contributed by atoms with Crippen LogP contribution in [-0.4, -0.2) is 26.9 Å². The molecule has 1 atom stereocenters. The predicted octanol–water partition coefficient (Wildman–Crippen LogP) is 1.78. The standard InChI is InChI=1S/C11H14O3/c1-12-6-7-13-10-5-3-2-4-9(10)11-8-14-11/h2-5,11H,6-8H2,1H3. The molecule has 0 aromatic heterocycles. The topological polar surface area (TPSA) is 31.0 Å². The fraction of sp³-hybridized carbons (Fsp3) is 0.455. The van der Waals surface area contributed by atoms with Crippen LogP contribution in [-0.2, 0) is 9.47 Å². The van der Waals surface area contributed by atoms with E-state index in [1.54, 1.807) is 7.11 Å². The van der Waals surface area contributed by atoms with Gasteiger partial charge < -0.3 is 14.2 Å². The van der Waals surface area contributed by atoms with Gasteiger partial charge in [0.1, 0.15) is 18.5 Å². The van der Waals surface area contributed by atoms with Crippen molar-refractivity contribution < 1.29 is 14.2 Å². The van der Waals surface area contributed by atoms with Crippen molar-refractivity contribution in [2.45, 2.75) is 6.10 Å². The van der Waals surface area contributed by atoms with Crippen LogP contribution < -0.4 is 4.74 Å². The molecule has 2 rings (SSSR count). The smallest absolute Gasteiger partial charge is 0.125 e. The fourth-order valence-corrected chi connectivity index (χ4v) is 1.34. The largest absolute Gasteiger partial charge is 0.491 e. The Labute approximate surface area is 83.6 Å². The maximum Gasteiger partial charge on any atom is 0.125 e. The zero-order valence-electron chi connectivity index (χ0n) is 8.23. The molecule has 0 aliphatic carbocycles. The van der Waals surface area contributed by atoms with Gasteiger partial charge in [0.25, 0.3) is 0 Å². The molecule has 1 heterocycles. The highest BCUT2D eigenvalue weighted by Crippen LogP contribution is 2.35. The lowest BCUT2D eigenvalue weighted by Gasteiger charge is -2.08. The van der Waals surface area contributed by atoms with Gasteiger partial charge in [-0.25, -0.2) is 0 Å². The number of ether oxygens (including phenoxy) is 3. The van der Waals surface area contributed by atoms with Gasteiger partial charge in [0.05, 0.1) is 13.2 Å². The van der Waals surface area contributed by atoms with Gasteiger partial charge in [-0.15, -0.1) is 0 Å². The molecule has 0 radical (unpaired) electrons. The Balaban J connectivity index is 2.00. The van der Waals surface area contributed by atoms with E-state index in [2.05, 4.69) is 0 Å². The molecule has 0 amide bonds. The quantitative estimate of drug-likeness (QED) is 0.529. The van der Waals surface area contributed by atoms with Crippen molar-refractivity contribution in [1.82, 2.24) is 0 Å². The number of epoxide rings is 1. The van der Waals surface area contributed by atoms with E-state index >= 15 is 0 Å². The normalized spacial score (nSPS) is 19.4. The number of hydrogen-bond donors (Lipinski definition) is 0. The predicted molar refractivity (Wildman–Crippen MR) is 52.5 cm³/mol. The summed E-state index contributed by atoms with van der Waals surface area (Å²) in [6.07, 6.45) is 0.244. The molecule has 76 valence electrons. The van der Waals surface area contributed by atoms with Crippen molar-refractivity contribution >= 4 is 0 Å². The van der Waals surface area contributed by atoms with Gasteiger partial charge in [0.15, 0.2) is 0 Å². The second kappa shape index (κ2) is 4.44. The molecule has 1 aromatic carbocycles. The summed E-state index contributed by atoms with van der Waals surface area (Å²) in [6, 6.07) is 7.97. The van der Waals surface area contributed by atoms with Crippen LogP contribution in [0.1, 0.15) is 11.7 Å². The Morgan fingerprint density at radius 3 is 2.86 bits per heavy atom. The molecule has 1 aliphatic rings. The molecular weight excluding hydrogens is 180 g/mol. The lowest BCUT2D eigenvalue weighted by atomic mass is 10.1. The molecule has 1 unspecified atom stereocenters. The molecule has 14 heavy (non-hydrogen) atoms. The van der Waals surface area contributed by atoms with E-state index in [4.69, 9.17) is 14.2 Å². The third-order valence-corrected chi connectivity index (χ3v) is 2.14. The second-order valence-corrected chi connectivity index (χ2v) is 3.20. The van der Waals surface area contributed by atoms with Crippen LogP contribution in [0.25, 0.3) is 0 Å². The summed E-state index contributed by atoms with van der Waals surface area (Å²) in [4.78, 5) is 0. The summed E-state index contributed by atoms with van der Waals surface area (Å²) in [7, 11) is 1.67. The van der Waals surface area contributed by atoms with Gasteiger partial charge in [-0.2, -0.15) is 0 Å². The van der Waals surface area contributed by atoms with E-state index in [1.807, 2.05) is 24.3 Å². The first kappa shape index (κ1) is 9.49. The summed E-state index contributed by atoms with van der Waals surface area (Å²) in [6.45, 7) is 2.00. The molecule has 0 N–H and O–H groups in total. The summed E-state index contributed by atoms with van der Waals surface area (Å²) >= 11 is 0. The van der Waals surface area contributed by atoms with Gasteiger partial charge in [-0.1, -0.05) is 18.2 Å². The minimum Gasteiger partial charge on any atom is -0.491 e. The highest BCUT2D eigenvalue weighted by molar-refractivity contribution is 5.36. The molecule has 1 saturated heterocycles. The first-order valence-electron chi connectivity index (χ1n) is 4.74. The van der Waals surface area contributed by atoms with Crippen LogP contribution in [0.5, 0.6) is 5.75 Å². The number of para-hydroxylation sites is 1. The number of methoxy groups -OCH3 is 1. The molecule has 3 heteroatoms. The van der Waals surface area contributed by atoms with E-state index < -0.39 is 0 Å². The lowest BCUT2D eigenvalue weighted by molar-refractivity contribution is 0.145. The number of rotatable bonds is 5. The first-order valence-corrected chi connectivity index (χ1v) is 4.74. The zero-order valence-corrected chi connectivity index (χ0v) is 8.23. The third-order valence-electron chi connectivity index (χ3n) is 2.14. The van der Waals surface area contributed by atoms with Gasteiger partial charge in [-0.05, 0) is 6.07 Å². The van der Waals surface area contributed by atoms with Crippen molar-refractivity contribution in [3.8, 4) is 5.75 Å². The lowest BCUT2D eigenvalue weighted by Crippen LogP contribution is -2.05. The highest BCUT2D eigenvalue weighted by atomic mass is 16.6. The Hall–Kier alpha value is -1.06. The maximum absolute atomic E-state index is 5.57. The molecule has 1 fully saturated rings. The monoisotopic (exact) mass is 194 g/mol. The van der Waals surface area contributed by atoms with E-state index in [1.165, 1.54) is 0 Å². The van der Waals surface area contributed by atoms with Crippen molar-refractivity contribution in [1.29, 1.82) is 0 Å². The second-order valence-electron chi connectivity index (χ2n) is 3.20. The average molecular weight is 194 g/mol. The van der Waals surface area contributed by atoms with Crippen molar-refractivity contribution in [2.75, 3.05) is 26.9 Å². The van der Waals surface area contributed by atoms with Crippen molar-refractivity contribution in [3.63, 3.8) is 0 Å². The van der Waals surface area contributed by atoms with Crippen LogP contribution in [0.3, 0.4) is 0 Å². The maximum atomic E-state index is 5.57. The molecule has 1 aromatic rings. The molecule has 0 bridgehead atoms. The third kappa shape index (κ3) is 2.25. The Morgan fingerprint density at radius 1 is 1.36 bits per heavy atom. The molecule has 0 spiro atoms. The molecular formula is C11H14O3. The van der Waals surface area contributed by atoms with E-state index in [0.717, 1.165) is 17.9 Å². The Kier molecular flexibility index (Phi) is 3.01. The number of hydrogen-bond acceptors (Lipinski definition) is 3. The average Bonchev–Trinajstić information content (AvgIpc) is 3.03. The molecule has 0 saturated carbocycles. The molecule has 1 aliphatic heterocycles. The van der Waals surface area contributed by atoms with Crippen LogP contribution in [0.2, 0.25) is 0 Å². The number of benzene rings is 1. The van der Waals surface area contributed by atoms with E-state index in [0.29, 0.717) is 13.2 Å². The fourth-order valence-electron chi connectivity index (χ4n) is 1.34. The van der Waals surface area contributed by atoms with E-state index in [-0.39, 0.29) is 6.10 Å². The SMILES string of the molecule is COCCOc1ccccc1C1CO1. The van der Waals surface area contributed by atoms with Crippen molar-refractivity contribution in [3.05, 3.63) is 29.8 Å². The zero-order chi connectivity index (χ0) is 9.80. The van der Waals surface area contributed by atoms with Crippen LogP contribution in [0.15, 0.2) is 24.3 Å². The Morgan fingerprint density at radius 2 is 2.14 bits per heavy atom. The Bertz CT molecular complexity index is 294. The minimum absolute atomic E-state index is 0.244. The minimum atomic E-state index is 0.244. The highest BCUT2D eigenvalue weighted by Gasteiger charge is 2.27. The van der Waals surface area contributed by atoms with Crippen molar-refractivity contribution in [2.24, 2.45) is 0 Å². The first-order chi connectivity index (χ1) is 6.92. The van der Waals surface area contributed by atoms with Gasteiger partial charge in [0, 0.05) is 12.7 Å². The van der Waals surface area contributed by atoms with Crippen LogP contribution in [0, 0.1) is 0 Å². The molecule has 3 nitrogen and oxygen atoms in total. The van der Waals surface area contributed by atoms with Crippen LogP contribution >= 0.6 is 0 Å². The van der Waals surface area contributed by atoms with Gasteiger partial charge >= 0.3 is 0 Å². The summed E-state index contributed by atoms with van der Waals surface area (Å²) in [5, 5.41) is 0. The van der Waals surface area contributed by atoms with Gasteiger partial charge in [0.2, 0.25) is 0 Å². The van der Waals surface area contributed by atoms with Crippen LogP contribution in [0.4, 0.5) is 0 Å².